The molecule has 22 heavy (non-hydrogen) atoms. The van der Waals surface area contributed by atoms with Crippen molar-refractivity contribution in [2.75, 3.05) is 6.54 Å². The molecular formula is C16H21N3O3. The van der Waals surface area contributed by atoms with Crippen molar-refractivity contribution >= 4 is 16.8 Å². The summed E-state index contributed by atoms with van der Waals surface area (Å²) in [4.78, 5) is 30.6. The molecule has 1 N–H and O–H groups in total. The number of amides is 1. The van der Waals surface area contributed by atoms with E-state index in [1.807, 2.05) is 19.9 Å². The predicted molar refractivity (Wildman–Crippen MR) is 84.5 cm³/mol. The van der Waals surface area contributed by atoms with Crippen LogP contribution in [0.2, 0.25) is 0 Å². The summed E-state index contributed by atoms with van der Waals surface area (Å²) in [6.07, 6.45) is 0.779. The van der Waals surface area contributed by atoms with E-state index >= 15 is 0 Å². The average Bonchev–Trinajstić information content (AvgIpc) is 2.47. The van der Waals surface area contributed by atoms with E-state index in [1.165, 1.54) is 10.9 Å². The Morgan fingerprint density at radius 3 is 2.64 bits per heavy atom. The summed E-state index contributed by atoms with van der Waals surface area (Å²) in [5, 5.41) is 10.00. The SMILES string of the molecule is CC(O)CN(C(=O)Cn1cnc2ccccc2c1=O)C(C)C. The van der Waals surface area contributed by atoms with Crippen LogP contribution in [-0.2, 0) is 11.3 Å². The molecule has 2 rings (SSSR count). The molecule has 0 bridgehead atoms. The van der Waals surface area contributed by atoms with Crippen molar-refractivity contribution in [3.8, 4) is 0 Å². The van der Waals surface area contributed by atoms with Gasteiger partial charge in [-0.15, -0.1) is 0 Å². The summed E-state index contributed by atoms with van der Waals surface area (Å²) in [5.74, 6) is -0.213. The standard InChI is InChI=1S/C16H21N3O3/c1-11(2)19(8-12(3)20)15(21)9-18-10-17-14-7-5-4-6-13(14)16(18)22/h4-7,10-12,20H,8-9H2,1-3H3. The molecule has 1 atom stereocenters. The maximum absolute atomic E-state index is 12.4. The highest BCUT2D eigenvalue weighted by molar-refractivity contribution is 5.79. The molecule has 0 aliphatic heterocycles. The quantitative estimate of drug-likeness (QED) is 0.894. The number of hydrogen-bond donors (Lipinski definition) is 1. The van der Waals surface area contributed by atoms with E-state index in [0.717, 1.165) is 0 Å². The molecule has 1 heterocycles. The van der Waals surface area contributed by atoms with Crippen LogP contribution in [0.15, 0.2) is 35.4 Å². The van der Waals surface area contributed by atoms with E-state index in [0.29, 0.717) is 10.9 Å². The second kappa shape index (κ2) is 6.70. The first kappa shape index (κ1) is 16.2. The van der Waals surface area contributed by atoms with Crippen LogP contribution in [0.25, 0.3) is 10.9 Å². The smallest absolute Gasteiger partial charge is 0.261 e. The molecule has 0 saturated carbocycles. The fraction of sp³-hybridized carbons (Fsp3) is 0.438. The van der Waals surface area contributed by atoms with Crippen molar-refractivity contribution in [2.24, 2.45) is 0 Å². The van der Waals surface area contributed by atoms with E-state index < -0.39 is 6.10 Å². The van der Waals surface area contributed by atoms with Crippen molar-refractivity contribution in [3.05, 3.63) is 40.9 Å². The third-order valence-corrected chi connectivity index (χ3v) is 3.44. The van der Waals surface area contributed by atoms with Crippen molar-refractivity contribution in [1.29, 1.82) is 0 Å². The zero-order valence-electron chi connectivity index (χ0n) is 13.1. The average molecular weight is 303 g/mol. The summed E-state index contributed by atoms with van der Waals surface area (Å²) in [5.41, 5.74) is 0.376. The van der Waals surface area contributed by atoms with Gasteiger partial charge in [0.25, 0.3) is 5.56 Å². The Labute approximate surface area is 129 Å². The number of rotatable bonds is 5. The van der Waals surface area contributed by atoms with Crippen LogP contribution in [0.4, 0.5) is 0 Å². The molecule has 6 nitrogen and oxygen atoms in total. The zero-order chi connectivity index (χ0) is 16.3. The zero-order valence-corrected chi connectivity index (χ0v) is 13.1. The monoisotopic (exact) mass is 303 g/mol. The number of para-hydroxylation sites is 1. The van der Waals surface area contributed by atoms with Gasteiger partial charge in [-0.25, -0.2) is 4.98 Å². The van der Waals surface area contributed by atoms with E-state index in [4.69, 9.17) is 0 Å². The lowest BCUT2D eigenvalue weighted by Crippen LogP contribution is -2.44. The molecule has 0 spiro atoms. The first-order chi connectivity index (χ1) is 10.4. The topological polar surface area (TPSA) is 75.4 Å². The van der Waals surface area contributed by atoms with Crippen molar-refractivity contribution in [3.63, 3.8) is 0 Å². The highest BCUT2D eigenvalue weighted by Crippen LogP contribution is 2.06. The molecule has 118 valence electrons. The maximum atomic E-state index is 12.4. The van der Waals surface area contributed by atoms with Crippen molar-refractivity contribution < 1.29 is 9.90 Å². The summed E-state index contributed by atoms with van der Waals surface area (Å²) in [6, 6.07) is 6.99. The predicted octanol–water partition coefficient (Wildman–Crippen LogP) is 1.01. The van der Waals surface area contributed by atoms with Gasteiger partial charge in [0.1, 0.15) is 6.54 Å². The van der Waals surface area contributed by atoms with Crippen molar-refractivity contribution in [1.82, 2.24) is 14.5 Å². The van der Waals surface area contributed by atoms with Gasteiger partial charge in [0.2, 0.25) is 5.91 Å². The second-order valence-corrected chi connectivity index (χ2v) is 5.68. The first-order valence-electron chi connectivity index (χ1n) is 7.32. The fourth-order valence-electron chi connectivity index (χ4n) is 2.34. The molecule has 6 heteroatoms. The first-order valence-corrected chi connectivity index (χ1v) is 7.32. The van der Waals surface area contributed by atoms with Gasteiger partial charge in [0, 0.05) is 12.6 Å². The molecule has 0 radical (unpaired) electrons. The van der Waals surface area contributed by atoms with Crippen LogP contribution in [-0.4, -0.2) is 44.2 Å². The number of nitrogens with zero attached hydrogens (tertiary/aromatic N) is 3. The summed E-state index contributed by atoms with van der Waals surface area (Å²) in [6.45, 7) is 5.55. The number of carbonyl (C=O) groups excluding carboxylic acids is 1. The molecule has 1 aromatic carbocycles. The largest absolute Gasteiger partial charge is 0.392 e. The van der Waals surface area contributed by atoms with Gasteiger partial charge in [0.05, 0.1) is 23.3 Å². The Balaban J connectivity index is 2.28. The summed E-state index contributed by atoms with van der Waals surface area (Å²) < 4.78 is 1.31. The molecule has 1 aromatic heterocycles. The van der Waals surface area contributed by atoms with Crippen LogP contribution in [0, 0.1) is 0 Å². The second-order valence-electron chi connectivity index (χ2n) is 5.68. The number of hydrogen-bond acceptors (Lipinski definition) is 4. The van der Waals surface area contributed by atoms with Crippen LogP contribution in [0.3, 0.4) is 0 Å². The van der Waals surface area contributed by atoms with Gasteiger partial charge >= 0.3 is 0 Å². The molecule has 1 unspecified atom stereocenters. The van der Waals surface area contributed by atoms with Gasteiger partial charge in [0.15, 0.2) is 0 Å². The molecule has 2 aromatic rings. The van der Waals surface area contributed by atoms with Crippen LogP contribution in [0.5, 0.6) is 0 Å². The van der Waals surface area contributed by atoms with Gasteiger partial charge in [-0.1, -0.05) is 12.1 Å². The fourth-order valence-corrected chi connectivity index (χ4v) is 2.34. The van der Waals surface area contributed by atoms with Gasteiger partial charge < -0.3 is 10.0 Å². The number of carbonyl (C=O) groups is 1. The molecule has 0 aliphatic carbocycles. The number of aromatic nitrogens is 2. The van der Waals surface area contributed by atoms with E-state index in [2.05, 4.69) is 4.98 Å². The van der Waals surface area contributed by atoms with E-state index in [9.17, 15) is 14.7 Å². The minimum Gasteiger partial charge on any atom is -0.392 e. The van der Waals surface area contributed by atoms with E-state index in [-0.39, 0.29) is 30.6 Å². The highest BCUT2D eigenvalue weighted by atomic mass is 16.3. The van der Waals surface area contributed by atoms with Gasteiger partial charge in [-0.3, -0.25) is 14.2 Å². The number of benzene rings is 1. The van der Waals surface area contributed by atoms with E-state index in [1.54, 1.807) is 30.0 Å². The maximum Gasteiger partial charge on any atom is 0.261 e. The Morgan fingerprint density at radius 2 is 2.00 bits per heavy atom. The summed E-state index contributed by atoms with van der Waals surface area (Å²) in [7, 11) is 0. The summed E-state index contributed by atoms with van der Waals surface area (Å²) >= 11 is 0. The minimum atomic E-state index is -0.613. The number of aliphatic hydroxyl groups is 1. The highest BCUT2D eigenvalue weighted by Gasteiger charge is 2.19. The Morgan fingerprint density at radius 1 is 1.32 bits per heavy atom. The number of aliphatic hydroxyl groups excluding tert-OH is 1. The number of fused-ring (bicyclic) bond motifs is 1. The Hall–Kier alpha value is -2.21. The Kier molecular flexibility index (Phi) is 4.92. The third-order valence-electron chi connectivity index (χ3n) is 3.44. The van der Waals surface area contributed by atoms with Crippen LogP contribution in [0.1, 0.15) is 20.8 Å². The molecule has 0 saturated heterocycles. The van der Waals surface area contributed by atoms with Gasteiger partial charge in [-0.05, 0) is 32.9 Å². The lowest BCUT2D eigenvalue weighted by atomic mass is 10.2. The molecule has 0 fully saturated rings. The van der Waals surface area contributed by atoms with Crippen molar-refractivity contribution in [2.45, 2.75) is 39.5 Å². The molecule has 0 aliphatic rings. The van der Waals surface area contributed by atoms with Gasteiger partial charge in [-0.2, -0.15) is 0 Å². The molecule has 1 amide bonds. The lowest BCUT2D eigenvalue weighted by molar-refractivity contribution is -0.135. The molecular weight excluding hydrogens is 282 g/mol. The van der Waals surface area contributed by atoms with Crippen LogP contribution < -0.4 is 5.56 Å². The third kappa shape index (κ3) is 3.51. The Bertz CT molecular complexity index is 722. The lowest BCUT2D eigenvalue weighted by Gasteiger charge is -2.28. The minimum absolute atomic E-state index is 0.0498. The normalized spacial score (nSPS) is 12.6. The van der Waals surface area contributed by atoms with Crippen LogP contribution >= 0.6 is 0 Å².